The van der Waals surface area contributed by atoms with Gasteiger partial charge >= 0.3 is 0 Å². The van der Waals surface area contributed by atoms with Crippen molar-refractivity contribution in [3.05, 3.63) is 5.01 Å². The van der Waals surface area contributed by atoms with Crippen molar-refractivity contribution in [1.82, 2.24) is 15.5 Å². The Bertz CT molecular complexity index is 450. The van der Waals surface area contributed by atoms with Crippen molar-refractivity contribution in [2.45, 2.75) is 39.0 Å². The van der Waals surface area contributed by atoms with Gasteiger partial charge in [-0.2, -0.15) is 0 Å². The van der Waals surface area contributed by atoms with Gasteiger partial charge in [0.2, 0.25) is 16.9 Å². The fraction of sp³-hybridized carbons (Fsp3) is 0.667. The van der Waals surface area contributed by atoms with E-state index in [4.69, 9.17) is 0 Å². The van der Waals surface area contributed by atoms with Gasteiger partial charge in [0.15, 0.2) is 0 Å². The maximum atomic E-state index is 12.0. The van der Waals surface area contributed by atoms with Crippen molar-refractivity contribution in [1.29, 1.82) is 0 Å². The van der Waals surface area contributed by atoms with Crippen LogP contribution in [0.4, 0.5) is 5.13 Å². The smallest absolute Gasteiger partial charge is 0.231 e. The molecule has 1 aliphatic rings. The first-order chi connectivity index (χ1) is 9.19. The number of rotatable bonds is 5. The molecular weight excluding hydrogens is 264 g/mol. The van der Waals surface area contributed by atoms with E-state index in [1.54, 1.807) is 0 Å². The van der Waals surface area contributed by atoms with Gasteiger partial charge in [-0.3, -0.25) is 9.59 Å². The van der Waals surface area contributed by atoms with Gasteiger partial charge in [-0.25, -0.2) is 0 Å². The molecule has 0 saturated carbocycles. The van der Waals surface area contributed by atoms with Crippen LogP contribution in [0, 0.1) is 5.92 Å². The number of aromatic nitrogens is 2. The van der Waals surface area contributed by atoms with Gasteiger partial charge in [0.25, 0.3) is 0 Å². The maximum Gasteiger partial charge on any atom is 0.231 e. The van der Waals surface area contributed by atoms with E-state index in [2.05, 4.69) is 27.8 Å². The zero-order chi connectivity index (χ0) is 13.7. The lowest BCUT2D eigenvalue weighted by molar-refractivity contribution is -0.126. The SMILES string of the molecule is CCCCc1nnc(NC(=O)[C@H]2CCC(=O)NC2)s1. The summed E-state index contributed by atoms with van der Waals surface area (Å²) < 4.78 is 0. The lowest BCUT2D eigenvalue weighted by atomic mass is 9.98. The third-order valence-corrected chi connectivity index (χ3v) is 3.98. The highest BCUT2D eigenvalue weighted by Gasteiger charge is 2.25. The predicted octanol–water partition coefficient (Wildman–Crippen LogP) is 1.35. The molecule has 0 aliphatic carbocycles. The molecule has 19 heavy (non-hydrogen) atoms. The number of carbonyl (C=O) groups excluding carboxylic acids is 2. The minimum Gasteiger partial charge on any atom is -0.355 e. The fourth-order valence-electron chi connectivity index (χ4n) is 1.90. The first-order valence-electron chi connectivity index (χ1n) is 6.59. The van der Waals surface area contributed by atoms with Crippen LogP contribution in [0.3, 0.4) is 0 Å². The van der Waals surface area contributed by atoms with Crippen molar-refractivity contribution in [2.24, 2.45) is 5.92 Å². The molecule has 6 nitrogen and oxygen atoms in total. The minimum atomic E-state index is -0.166. The Balaban J connectivity index is 1.84. The molecule has 1 atom stereocenters. The van der Waals surface area contributed by atoms with E-state index in [0.717, 1.165) is 24.3 Å². The van der Waals surface area contributed by atoms with Crippen molar-refractivity contribution in [2.75, 3.05) is 11.9 Å². The average Bonchev–Trinajstić information content (AvgIpc) is 2.84. The lowest BCUT2D eigenvalue weighted by Gasteiger charge is -2.20. The standard InChI is InChI=1S/C12H18N4O2S/c1-2-3-4-10-15-16-12(19-10)14-11(18)8-5-6-9(17)13-7-8/h8H,2-7H2,1H3,(H,13,17)(H,14,16,18)/t8-/m0/s1. The van der Waals surface area contributed by atoms with Crippen molar-refractivity contribution in [3.63, 3.8) is 0 Å². The molecule has 2 rings (SSSR count). The summed E-state index contributed by atoms with van der Waals surface area (Å²) in [6, 6.07) is 0. The largest absolute Gasteiger partial charge is 0.355 e. The molecule has 0 unspecified atom stereocenters. The second kappa shape index (κ2) is 6.60. The summed E-state index contributed by atoms with van der Waals surface area (Å²) in [7, 11) is 0. The summed E-state index contributed by atoms with van der Waals surface area (Å²) in [6.45, 7) is 2.53. The Morgan fingerprint density at radius 2 is 2.37 bits per heavy atom. The van der Waals surface area contributed by atoms with E-state index >= 15 is 0 Å². The first-order valence-corrected chi connectivity index (χ1v) is 7.40. The zero-order valence-electron chi connectivity index (χ0n) is 10.9. The van der Waals surface area contributed by atoms with Crippen molar-refractivity contribution in [3.8, 4) is 0 Å². The van der Waals surface area contributed by atoms with Gasteiger partial charge in [0.1, 0.15) is 5.01 Å². The number of amides is 2. The average molecular weight is 282 g/mol. The van der Waals surface area contributed by atoms with Gasteiger partial charge in [-0.15, -0.1) is 10.2 Å². The van der Waals surface area contributed by atoms with Crippen LogP contribution in [-0.4, -0.2) is 28.6 Å². The Hall–Kier alpha value is -1.50. The molecule has 0 aromatic carbocycles. The predicted molar refractivity (Wildman–Crippen MR) is 72.9 cm³/mol. The molecule has 2 heterocycles. The van der Waals surface area contributed by atoms with Gasteiger partial charge < -0.3 is 10.6 Å². The minimum absolute atomic E-state index is 0.0156. The van der Waals surface area contributed by atoms with Crippen LogP contribution in [0.15, 0.2) is 0 Å². The highest BCUT2D eigenvalue weighted by molar-refractivity contribution is 7.15. The van der Waals surface area contributed by atoms with Gasteiger partial charge in [-0.05, 0) is 12.8 Å². The fourth-order valence-corrected chi connectivity index (χ4v) is 2.68. The summed E-state index contributed by atoms with van der Waals surface area (Å²) in [5, 5.41) is 15.0. The number of carbonyl (C=O) groups is 2. The van der Waals surface area contributed by atoms with Crippen LogP contribution in [0.5, 0.6) is 0 Å². The monoisotopic (exact) mass is 282 g/mol. The van der Waals surface area contributed by atoms with Gasteiger partial charge in [0, 0.05) is 19.4 Å². The molecule has 7 heteroatoms. The van der Waals surface area contributed by atoms with E-state index in [1.165, 1.54) is 11.3 Å². The Labute approximate surface area is 116 Å². The Morgan fingerprint density at radius 3 is 3.05 bits per heavy atom. The molecule has 1 saturated heterocycles. The zero-order valence-corrected chi connectivity index (χ0v) is 11.8. The summed E-state index contributed by atoms with van der Waals surface area (Å²) in [6.07, 6.45) is 4.11. The van der Waals surface area contributed by atoms with Gasteiger partial charge in [-0.1, -0.05) is 24.7 Å². The van der Waals surface area contributed by atoms with Crippen molar-refractivity contribution < 1.29 is 9.59 Å². The van der Waals surface area contributed by atoms with Crippen LogP contribution < -0.4 is 10.6 Å². The normalized spacial score (nSPS) is 19.0. The third-order valence-electron chi connectivity index (χ3n) is 3.08. The highest BCUT2D eigenvalue weighted by atomic mass is 32.1. The Morgan fingerprint density at radius 1 is 1.53 bits per heavy atom. The second-order valence-corrected chi connectivity index (χ2v) is 5.70. The lowest BCUT2D eigenvalue weighted by Crippen LogP contribution is -2.40. The van der Waals surface area contributed by atoms with E-state index in [0.29, 0.717) is 24.5 Å². The molecule has 1 fully saturated rings. The summed E-state index contributed by atoms with van der Waals surface area (Å²) in [5.74, 6) is -0.235. The van der Waals surface area contributed by atoms with Crippen LogP contribution in [-0.2, 0) is 16.0 Å². The maximum absolute atomic E-state index is 12.0. The number of piperidine rings is 1. The number of anilines is 1. The topological polar surface area (TPSA) is 84.0 Å². The molecule has 104 valence electrons. The quantitative estimate of drug-likeness (QED) is 0.853. The summed E-state index contributed by atoms with van der Waals surface area (Å²) >= 11 is 1.42. The Kier molecular flexibility index (Phi) is 4.84. The molecule has 0 bridgehead atoms. The molecule has 0 spiro atoms. The molecule has 1 aliphatic heterocycles. The third kappa shape index (κ3) is 3.99. The number of hydrogen-bond donors (Lipinski definition) is 2. The number of nitrogens with zero attached hydrogens (tertiary/aromatic N) is 2. The summed E-state index contributed by atoms with van der Waals surface area (Å²) in [5.41, 5.74) is 0. The molecule has 1 aromatic heterocycles. The number of nitrogens with one attached hydrogen (secondary N) is 2. The molecule has 2 N–H and O–H groups in total. The van der Waals surface area contributed by atoms with Crippen LogP contribution in [0.25, 0.3) is 0 Å². The van der Waals surface area contributed by atoms with E-state index in [-0.39, 0.29) is 17.7 Å². The van der Waals surface area contributed by atoms with E-state index in [9.17, 15) is 9.59 Å². The molecule has 0 radical (unpaired) electrons. The summed E-state index contributed by atoms with van der Waals surface area (Å²) in [4.78, 5) is 23.0. The molecular formula is C12H18N4O2S. The molecule has 1 aromatic rings. The van der Waals surface area contributed by atoms with Crippen LogP contribution in [0.2, 0.25) is 0 Å². The van der Waals surface area contributed by atoms with Crippen LogP contribution in [0.1, 0.15) is 37.6 Å². The van der Waals surface area contributed by atoms with E-state index in [1.807, 2.05) is 0 Å². The number of aryl methyl sites for hydroxylation is 1. The second-order valence-electron chi connectivity index (χ2n) is 4.63. The van der Waals surface area contributed by atoms with Crippen molar-refractivity contribution >= 4 is 28.3 Å². The highest BCUT2D eigenvalue weighted by Crippen LogP contribution is 2.19. The van der Waals surface area contributed by atoms with Gasteiger partial charge in [0.05, 0.1) is 5.92 Å². The number of hydrogen-bond acceptors (Lipinski definition) is 5. The number of unbranched alkanes of at least 4 members (excludes halogenated alkanes) is 1. The first kappa shape index (κ1) is 13.9. The van der Waals surface area contributed by atoms with E-state index < -0.39 is 0 Å². The molecule has 2 amide bonds. The van der Waals surface area contributed by atoms with Crippen LogP contribution >= 0.6 is 11.3 Å².